The highest BCUT2D eigenvalue weighted by Gasteiger charge is 2.46. The van der Waals surface area contributed by atoms with Gasteiger partial charge in [0, 0.05) is 51.4 Å². The van der Waals surface area contributed by atoms with Crippen molar-refractivity contribution in [3.63, 3.8) is 0 Å². The van der Waals surface area contributed by atoms with Crippen LogP contribution in [-0.4, -0.2) is 65.7 Å². The van der Waals surface area contributed by atoms with Gasteiger partial charge in [0.05, 0.1) is 24.2 Å². The summed E-state index contributed by atoms with van der Waals surface area (Å²) in [5.41, 5.74) is 4.22. The van der Waals surface area contributed by atoms with Gasteiger partial charge in [0.15, 0.2) is 0 Å². The second-order valence-corrected chi connectivity index (χ2v) is 8.27. The number of hydrogen-bond acceptors (Lipinski definition) is 4. The molecular formula is C20H32N4O. The standard InChI is InChI=1S/C20H32N4O/c1-16(2)3-8-24-9-4-18-19(22-15-21-18)20(24)6-10-23(11-7-20)13-17-5-12-25-14-17/h3,15,17H,4-14H2,1-2H3,(H,21,22)/t17-/m1/s1. The lowest BCUT2D eigenvalue weighted by Gasteiger charge is -2.50. The van der Waals surface area contributed by atoms with Gasteiger partial charge in [0.25, 0.3) is 0 Å². The van der Waals surface area contributed by atoms with E-state index in [1.54, 1.807) is 0 Å². The quantitative estimate of drug-likeness (QED) is 0.853. The van der Waals surface area contributed by atoms with Crippen molar-refractivity contribution >= 4 is 0 Å². The lowest BCUT2D eigenvalue weighted by Crippen LogP contribution is -2.56. The topological polar surface area (TPSA) is 44.4 Å². The fraction of sp³-hybridized carbons (Fsp3) is 0.750. The molecule has 0 saturated carbocycles. The van der Waals surface area contributed by atoms with Gasteiger partial charge < -0.3 is 14.6 Å². The largest absolute Gasteiger partial charge is 0.381 e. The summed E-state index contributed by atoms with van der Waals surface area (Å²) in [6.45, 7) is 12.0. The first-order chi connectivity index (χ1) is 12.2. The molecular weight excluding hydrogens is 312 g/mol. The zero-order valence-corrected chi connectivity index (χ0v) is 15.8. The number of hydrogen-bond donors (Lipinski definition) is 1. The van der Waals surface area contributed by atoms with E-state index in [1.165, 1.54) is 55.9 Å². The third-order valence-electron chi connectivity index (χ3n) is 6.34. The summed E-state index contributed by atoms with van der Waals surface area (Å²) in [6.07, 6.45) is 8.99. The molecule has 2 fully saturated rings. The monoisotopic (exact) mass is 344 g/mol. The summed E-state index contributed by atoms with van der Waals surface area (Å²) < 4.78 is 5.56. The minimum Gasteiger partial charge on any atom is -0.381 e. The summed E-state index contributed by atoms with van der Waals surface area (Å²) in [7, 11) is 0. The molecule has 0 bridgehead atoms. The minimum atomic E-state index is 0.127. The molecule has 0 radical (unpaired) electrons. The summed E-state index contributed by atoms with van der Waals surface area (Å²) >= 11 is 0. The average molecular weight is 345 g/mol. The maximum Gasteiger partial charge on any atom is 0.0926 e. The molecule has 0 aliphatic carbocycles. The van der Waals surface area contributed by atoms with E-state index >= 15 is 0 Å². The van der Waals surface area contributed by atoms with Crippen LogP contribution < -0.4 is 0 Å². The number of likely N-dealkylation sites (tertiary alicyclic amines) is 1. The molecule has 0 unspecified atom stereocenters. The van der Waals surface area contributed by atoms with E-state index in [0.29, 0.717) is 0 Å². The number of aromatic amines is 1. The van der Waals surface area contributed by atoms with Crippen LogP contribution in [0.15, 0.2) is 18.0 Å². The van der Waals surface area contributed by atoms with Crippen molar-refractivity contribution in [2.75, 3.05) is 45.9 Å². The number of allylic oxidation sites excluding steroid dienone is 1. The molecule has 1 aromatic heterocycles. The normalized spacial score (nSPS) is 26.7. The molecule has 3 aliphatic rings. The van der Waals surface area contributed by atoms with Crippen LogP contribution in [0.2, 0.25) is 0 Å². The molecule has 5 nitrogen and oxygen atoms in total. The van der Waals surface area contributed by atoms with Crippen molar-refractivity contribution < 1.29 is 4.74 Å². The number of rotatable bonds is 4. The van der Waals surface area contributed by atoms with Crippen LogP contribution in [0.5, 0.6) is 0 Å². The first kappa shape index (κ1) is 17.3. The smallest absolute Gasteiger partial charge is 0.0926 e. The number of piperidine rings is 1. The Balaban J connectivity index is 1.50. The van der Waals surface area contributed by atoms with Crippen molar-refractivity contribution in [2.24, 2.45) is 5.92 Å². The Kier molecular flexibility index (Phi) is 4.98. The van der Waals surface area contributed by atoms with Gasteiger partial charge in [-0.25, -0.2) is 4.98 Å². The van der Waals surface area contributed by atoms with Gasteiger partial charge in [-0.05, 0) is 39.0 Å². The van der Waals surface area contributed by atoms with E-state index in [0.717, 1.165) is 38.6 Å². The van der Waals surface area contributed by atoms with Gasteiger partial charge in [-0.3, -0.25) is 4.90 Å². The van der Waals surface area contributed by atoms with Gasteiger partial charge in [-0.2, -0.15) is 0 Å². The van der Waals surface area contributed by atoms with Gasteiger partial charge >= 0.3 is 0 Å². The molecule has 0 aromatic carbocycles. The third-order valence-corrected chi connectivity index (χ3v) is 6.34. The fourth-order valence-corrected chi connectivity index (χ4v) is 4.83. The van der Waals surface area contributed by atoms with E-state index in [9.17, 15) is 0 Å². The number of imidazole rings is 1. The predicted molar refractivity (Wildman–Crippen MR) is 99.6 cm³/mol. The van der Waals surface area contributed by atoms with Gasteiger partial charge in [0.1, 0.15) is 0 Å². The van der Waals surface area contributed by atoms with Crippen LogP contribution >= 0.6 is 0 Å². The van der Waals surface area contributed by atoms with Crippen LogP contribution in [0.25, 0.3) is 0 Å². The third kappa shape index (κ3) is 3.42. The first-order valence-electron chi connectivity index (χ1n) is 9.88. The molecule has 1 aromatic rings. The number of fused-ring (bicyclic) bond motifs is 2. The Morgan fingerprint density at radius 3 is 2.92 bits per heavy atom. The summed E-state index contributed by atoms with van der Waals surface area (Å²) in [5, 5.41) is 0. The number of nitrogens with zero attached hydrogens (tertiary/aromatic N) is 3. The Hall–Kier alpha value is -1.17. The number of aromatic nitrogens is 2. The van der Waals surface area contributed by atoms with E-state index in [4.69, 9.17) is 9.72 Å². The van der Waals surface area contributed by atoms with Crippen LogP contribution in [0.3, 0.4) is 0 Å². The van der Waals surface area contributed by atoms with Crippen molar-refractivity contribution in [2.45, 2.75) is 45.1 Å². The molecule has 4 heterocycles. The van der Waals surface area contributed by atoms with Gasteiger partial charge in [-0.15, -0.1) is 0 Å². The maximum absolute atomic E-state index is 5.56. The molecule has 4 rings (SSSR count). The van der Waals surface area contributed by atoms with Crippen molar-refractivity contribution in [1.82, 2.24) is 19.8 Å². The van der Waals surface area contributed by atoms with Crippen molar-refractivity contribution in [1.29, 1.82) is 0 Å². The van der Waals surface area contributed by atoms with E-state index in [1.807, 2.05) is 6.33 Å². The Morgan fingerprint density at radius 2 is 2.20 bits per heavy atom. The van der Waals surface area contributed by atoms with E-state index in [-0.39, 0.29) is 5.54 Å². The molecule has 1 N–H and O–H groups in total. The number of ether oxygens (including phenoxy) is 1. The Labute approximate surface area is 151 Å². The Morgan fingerprint density at radius 1 is 1.36 bits per heavy atom. The number of H-pyrrole nitrogens is 1. The van der Waals surface area contributed by atoms with E-state index in [2.05, 4.69) is 34.7 Å². The highest BCUT2D eigenvalue weighted by Crippen LogP contribution is 2.42. The maximum atomic E-state index is 5.56. The number of nitrogens with one attached hydrogen (secondary N) is 1. The molecule has 0 amide bonds. The second-order valence-electron chi connectivity index (χ2n) is 8.27. The highest BCUT2D eigenvalue weighted by atomic mass is 16.5. The SMILES string of the molecule is CC(C)=CCN1CCc2[nH]cnc2C12CCN(C[C@H]1CCOC1)CC2. The van der Waals surface area contributed by atoms with Crippen molar-refractivity contribution in [3.8, 4) is 0 Å². The summed E-state index contributed by atoms with van der Waals surface area (Å²) in [5.74, 6) is 0.739. The molecule has 1 atom stereocenters. The van der Waals surface area contributed by atoms with Crippen LogP contribution in [-0.2, 0) is 16.7 Å². The zero-order chi connectivity index (χ0) is 17.3. The molecule has 1 spiro atoms. The molecule has 5 heteroatoms. The average Bonchev–Trinajstić information content (AvgIpc) is 3.28. The van der Waals surface area contributed by atoms with Crippen LogP contribution in [0, 0.1) is 5.92 Å². The van der Waals surface area contributed by atoms with Crippen molar-refractivity contribution in [3.05, 3.63) is 29.4 Å². The van der Waals surface area contributed by atoms with Gasteiger partial charge in [0.2, 0.25) is 0 Å². The molecule has 2 saturated heterocycles. The highest BCUT2D eigenvalue weighted by molar-refractivity contribution is 5.27. The lowest BCUT2D eigenvalue weighted by molar-refractivity contribution is 0.00916. The second kappa shape index (κ2) is 7.22. The lowest BCUT2D eigenvalue weighted by atomic mass is 9.78. The minimum absolute atomic E-state index is 0.127. The van der Waals surface area contributed by atoms with Gasteiger partial charge in [-0.1, -0.05) is 11.6 Å². The Bertz CT molecular complexity index is 605. The molecule has 25 heavy (non-hydrogen) atoms. The van der Waals surface area contributed by atoms with Crippen LogP contribution in [0.4, 0.5) is 0 Å². The first-order valence-corrected chi connectivity index (χ1v) is 9.88. The fourth-order valence-electron chi connectivity index (χ4n) is 4.83. The summed E-state index contributed by atoms with van der Waals surface area (Å²) in [4.78, 5) is 13.5. The predicted octanol–water partition coefficient (Wildman–Crippen LogP) is 2.56. The molecule has 138 valence electrons. The van der Waals surface area contributed by atoms with Crippen LogP contribution in [0.1, 0.15) is 44.5 Å². The zero-order valence-electron chi connectivity index (χ0n) is 15.8. The van der Waals surface area contributed by atoms with E-state index < -0.39 is 0 Å². The summed E-state index contributed by atoms with van der Waals surface area (Å²) in [6, 6.07) is 0. The molecule has 3 aliphatic heterocycles.